The Morgan fingerprint density at radius 2 is 1.86 bits per heavy atom. The predicted octanol–water partition coefficient (Wildman–Crippen LogP) is 4.83. The average Bonchev–Trinajstić information content (AvgIpc) is 3.29. The maximum atomic E-state index is 12.8. The second-order valence-corrected chi connectivity index (χ2v) is 8.24. The molecule has 0 bridgehead atoms. The number of imidazole rings is 1. The topological polar surface area (TPSA) is 63.6 Å². The van der Waals surface area contributed by atoms with E-state index >= 15 is 0 Å². The van der Waals surface area contributed by atoms with Crippen LogP contribution in [-0.2, 0) is 12.8 Å². The van der Waals surface area contributed by atoms with Crippen LogP contribution in [0.15, 0.2) is 69.9 Å². The van der Waals surface area contributed by atoms with Crippen LogP contribution in [0.3, 0.4) is 0 Å². The molecule has 0 atom stereocenters. The first-order chi connectivity index (χ1) is 13.7. The molecule has 0 saturated heterocycles. The van der Waals surface area contributed by atoms with Crippen molar-refractivity contribution < 1.29 is 0 Å². The van der Waals surface area contributed by atoms with E-state index in [1.165, 1.54) is 11.3 Å². The van der Waals surface area contributed by atoms with Gasteiger partial charge in [-0.2, -0.15) is 0 Å². The minimum Gasteiger partial charge on any atom is -0.322 e. The normalized spacial score (nSPS) is 11.5. The summed E-state index contributed by atoms with van der Waals surface area (Å²) in [6, 6.07) is 18.0. The summed E-state index contributed by atoms with van der Waals surface area (Å²) in [7, 11) is 2.00. The number of thioether (sulfide) groups is 1. The largest absolute Gasteiger partial charge is 0.322 e. The van der Waals surface area contributed by atoms with Gasteiger partial charge in [-0.3, -0.25) is 4.79 Å². The van der Waals surface area contributed by atoms with Gasteiger partial charge >= 0.3 is 0 Å². The van der Waals surface area contributed by atoms with E-state index < -0.39 is 0 Å². The van der Waals surface area contributed by atoms with E-state index in [4.69, 9.17) is 0 Å². The van der Waals surface area contributed by atoms with E-state index in [2.05, 4.69) is 25.6 Å². The van der Waals surface area contributed by atoms with Crippen LogP contribution >= 0.6 is 23.1 Å². The number of aromatic nitrogens is 4. The van der Waals surface area contributed by atoms with Crippen molar-refractivity contribution in [1.29, 1.82) is 0 Å². The summed E-state index contributed by atoms with van der Waals surface area (Å²) in [5.41, 5.74) is 3.93. The predicted molar refractivity (Wildman–Crippen MR) is 116 cm³/mol. The first-order valence-corrected chi connectivity index (χ1v) is 10.7. The Kier molecular flexibility index (Phi) is 4.26. The number of hydrogen-bond acceptors (Lipinski definition) is 5. The van der Waals surface area contributed by atoms with Crippen LogP contribution in [0.5, 0.6) is 0 Å². The highest BCUT2D eigenvalue weighted by Gasteiger charge is 2.14. The molecule has 5 nitrogen and oxygen atoms in total. The van der Waals surface area contributed by atoms with E-state index in [9.17, 15) is 4.79 Å². The molecule has 138 valence electrons. The number of benzene rings is 2. The Morgan fingerprint density at radius 1 is 1.07 bits per heavy atom. The standard InChI is InChI=1S/C21H16N4OS2/c1-25-16-10-6-5-9-15(16)22-21(25)28-12-17-23-19(26)18-14(11-27-20(18)24-17)13-7-3-2-4-8-13/h2-11H,12H2,1H3,(H,23,24,26). The summed E-state index contributed by atoms with van der Waals surface area (Å²) in [6.07, 6.45) is 0. The fourth-order valence-corrected chi connectivity index (χ4v) is 5.10. The Labute approximate surface area is 169 Å². The van der Waals surface area contributed by atoms with Gasteiger partial charge < -0.3 is 9.55 Å². The summed E-state index contributed by atoms with van der Waals surface area (Å²) in [6.45, 7) is 0. The van der Waals surface area contributed by atoms with Crippen LogP contribution in [0.2, 0.25) is 0 Å². The van der Waals surface area contributed by atoms with Crippen LogP contribution in [-0.4, -0.2) is 19.5 Å². The molecule has 0 unspecified atom stereocenters. The number of aromatic amines is 1. The van der Waals surface area contributed by atoms with E-state index in [1.54, 1.807) is 11.8 Å². The van der Waals surface area contributed by atoms with Gasteiger partial charge in [-0.1, -0.05) is 54.2 Å². The lowest BCUT2D eigenvalue weighted by molar-refractivity contribution is 0.814. The maximum absolute atomic E-state index is 12.8. The average molecular weight is 405 g/mol. The van der Waals surface area contributed by atoms with Gasteiger partial charge in [-0.15, -0.1) is 11.3 Å². The van der Waals surface area contributed by atoms with Crippen molar-refractivity contribution in [1.82, 2.24) is 19.5 Å². The summed E-state index contributed by atoms with van der Waals surface area (Å²) >= 11 is 3.07. The zero-order valence-corrected chi connectivity index (χ0v) is 16.7. The van der Waals surface area contributed by atoms with Gasteiger partial charge in [0.15, 0.2) is 5.16 Å². The Hall–Kier alpha value is -2.90. The number of fused-ring (bicyclic) bond motifs is 2. The van der Waals surface area contributed by atoms with E-state index in [1.807, 2.05) is 61.0 Å². The number of H-pyrrole nitrogens is 1. The number of hydrogen-bond donors (Lipinski definition) is 1. The second kappa shape index (κ2) is 6.92. The monoisotopic (exact) mass is 404 g/mol. The molecule has 0 radical (unpaired) electrons. The van der Waals surface area contributed by atoms with Crippen molar-refractivity contribution in [3.63, 3.8) is 0 Å². The van der Waals surface area contributed by atoms with E-state index in [0.29, 0.717) is 17.0 Å². The summed E-state index contributed by atoms with van der Waals surface area (Å²) in [4.78, 5) is 25.8. The number of thiophene rings is 1. The lowest BCUT2D eigenvalue weighted by atomic mass is 10.1. The number of rotatable bonds is 4. The van der Waals surface area contributed by atoms with Crippen LogP contribution in [0.4, 0.5) is 0 Å². The zero-order valence-electron chi connectivity index (χ0n) is 15.0. The van der Waals surface area contributed by atoms with Crippen molar-refractivity contribution in [2.24, 2.45) is 7.05 Å². The molecule has 0 saturated carbocycles. The minimum atomic E-state index is -0.0919. The number of nitrogens with one attached hydrogen (secondary N) is 1. The van der Waals surface area contributed by atoms with Gasteiger partial charge in [0.25, 0.3) is 5.56 Å². The molecule has 7 heteroatoms. The quantitative estimate of drug-likeness (QED) is 0.436. The van der Waals surface area contributed by atoms with Crippen LogP contribution in [0.1, 0.15) is 5.82 Å². The van der Waals surface area contributed by atoms with Gasteiger partial charge in [0.1, 0.15) is 10.7 Å². The minimum absolute atomic E-state index is 0.0919. The smallest absolute Gasteiger partial charge is 0.260 e. The van der Waals surface area contributed by atoms with Crippen molar-refractivity contribution in [2.45, 2.75) is 10.9 Å². The first-order valence-electron chi connectivity index (χ1n) is 8.81. The molecule has 3 heterocycles. The van der Waals surface area contributed by atoms with Gasteiger partial charge in [0.2, 0.25) is 0 Å². The number of para-hydroxylation sites is 2. The molecule has 0 amide bonds. The molecule has 0 aliphatic heterocycles. The molecule has 0 aliphatic carbocycles. The van der Waals surface area contributed by atoms with Gasteiger partial charge in [-0.05, 0) is 17.7 Å². The van der Waals surface area contributed by atoms with Crippen molar-refractivity contribution in [3.8, 4) is 11.1 Å². The van der Waals surface area contributed by atoms with Crippen LogP contribution in [0.25, 0.3) is 32.4 Å². The highest BCUT2D eigenvalue weighted by molar-refractivity contribution is 7.98. The molecule has 3 aromatic heterocycles. The Bertz CT molecular complexity index is 1350. The molecule has 0 aliphatic rings. The third-order valence-electron chi connectivity index (χ3n) is 4.66. The van der Waals surface area contributed by atoms with Gasteiger partial charge in [-0.25, -0.2) is 9.97 Å². The maximum Gasteiger partial charge on any atom is 0.260 e. The fraction of sp³-hybridized carbons (Fsp3) is 0.0952. The second-order valence-electron chi connectivity index (χ2n) is 6.44. The lowest BCUT2D eigenvalue weighted by Crippen LogP contribution is -2.10. The van der Waals surface area contributed by atoms with Crippen molar-refractivity contribution in [3.05, 3.63) is 76.2 Å². The molecular weight excluding hydrogens is 388 g/mol. The van der Waals surface area contributed by atoms with Crippen LogP contribution < -0.4 is 5.56 Å². The van der Waals surface area contributed by atoms with Gasteiger partial charge in [0.05, 0.1) is 22.2 Å². The molecule has 5 rings (SSSR count). The third kappa shape index (κ3) is 2.93. The molecule has 0 fully saturated rings. The molecular formula is C21H16N4OS2. The summed E-state index contributed by atoms with van der Waals surface area (Å²) in [5.74, 6) is 1.22. The lowest BCUT2D eigenvalue weighted by Gasteiger charge is -2.03. The molecule has 2 aromatic carbocycles. The Morgan fingerprint density at radius 3 is 2.68 bits per heavy atom. The van der Waals surface area contributed by atoms with Crippen molar-refractivity contribution in [2.75, 3.05) is 0 Å². The number of aryl methyl sites for hydroxylation is 1. The highest BCUT2D eigenvalue weighted by Crippen LogP contribution is 2.31. The number of nitrogens with zero attached hydrogens (tertiary/aromatic N) is 3. The molecule has 0 spiro atoms. The van der Waals surface area contributed by atoms with Crippen molar-refractivity contribution >= 4 is 44.3 Å². The highest BCUT2D eigenvalue weighted by atomic mass is 32.2. The molecule has 1 N–H and O–H groups in total. The van der Waals surface area contributed by atoms with Crippen LogP contribution in [0, 0.1) is 0 Å². The molecule has 5 aromatic rings. The zero-order chi connectivity index (χ0) is 19.1. The summed E-state index contributed by atoms with van der Waals surface area (Å²) in [5, 5.41) is 3.57. The first kappa shape index (κ1) is 17.2. The Balaban J connectivity index is 1.47. The summed E-state index contributed by atoms with van der Waals surface area (Å²) < 4.78 is 2.06. The van der Waals surface area contributed by atoms with E-state index in [0.717, 1.165) is 32.1 Å². The fourth-order valence-electron chi connectivity index (χ4n) is 3.28. The third-order valence-corrected chi connectivity index (χ3v) is 6.58. The van der Waals surface area contributed by atoms with Gasteiger partial charge in [0, 0.05) is 18.0 Å². The molecule has 28 heavy (non-hydrogen) atoms. The SMILES string of the molecule is Cn1c(SCc2nc3scc(-c4ccccc4)c3c(=O)[nH]2)nc2ccccc21. The van der Waals surface area contributed by atoms with E-state index in [-0.39, 0.29) is 5.56 Å².